The molecule has 0 unspecified atom stereocenters. The molecule has 2 N–H and O–H groups in total. The van der Waals surface area contributed by atoms with Crippen LogP contribution in [0.2, 0.25) is 0 Å². The Morgan fingerprint density at radius 2 is 1.75 bits per heavy atom. The topological polar surface area (TPSA) is 37.0 Å². The minimum Gasteiger partial charge on any atom is -0.370 e. The summed E-state index contributed by atoms with van der Waals surface area (Å²) in [6.45, 7) is 6.23. The first-order valence-corrected chi connectivity index (χ1v) is 6.31. The van der Waals surface area contributed by atoms with Crippen molar-refractivity contribution in [3.05, 3.63) is 18.2 Å². The molecule has 1 rings (SSSR count). The van der Waals surface area contributed by atoms with Gasteiger partial charge in [-0.05, 0) is 25.5 Å². The molecule has 0 atom stereocenters. The Balaban J connectivity index is 2.27. The van der Waals surface area contributed by atoms with Crippen LogP contribution in [0.3, 0.4) is 0 Å². The smallest absolute Gasteiger partial charge is 0.128 e. The number of nitrogens with zero attached hydrogens (tertiary/aromatic N) is 1. The van der Waals surface area contributed by atoms with E-state index >= 15 is 0 Å². The Labute approximate surface area is 98.7 Å². The fourth-order valence-corrected chi connectivity index (χ4v) is 1.58. The molecule has 1 aromatic heterocycles. The molecular formula is C13H23N3. The van der Waals surface area contributed by atoms with Crippen molar-refractivity contribution in [2.45, 2.75) is 39.5 Å². The molecule has 90 valence electrons. The Morgan fingerprint density at radius 3 is 2.44 bits per heavy atom. The lowest BCUT2D eigenvalue weighted by Gasteiger charge is -2.07. The molecule has 3 heteroatoms. The van der Waals surface area contributed by atoms with Gasteiger partial charge in [-0.3, -0.25) is 0 Å². The predicted molar refractivity (Wildman–Crippen MR) is 71.0 cm³/mol. The zero-order chi connectivity index (χ0) is 11.6. The van der Waals surface area contributed by atoms with Crippen LogP contribution >= 0.6 is 0 Å². The second-order valence-corrected chi connectivity index (χ2v) is 3.93. The molecule has 0 aromatic carbocycles. The molecule has 3 nitrogen and oxygen atoms in total. The molecule has 0 saturated heterocycles. The van der Waals surface area contributed by atoms with Gasteiger partial charge in [-0.1, -0.05) is 32.3 Å². The van der Waals surface area contributed by atoms with E-state index in [1.165, 1.54) is 25.7 Å². The fourth-order valence-electron chi connectivity index (χ4n) is 1.58. The zero-order valence-corrected chi connectivity index (χ0v) is 10.4. The number of unbranched alkanes of at least 4 members (excludes halogenated alkanes) is 3. The van der Waals surface area contributed by atoms with E-state index in [4.69, 9.17) is 0 Å². The minimum atomic E-state index is 0.910. The van der Waals surface area contributed by atoms with Crippen LogP contribution in [0.5, 0.6) is 0 Å². The van der Waals surface area contributed by atoms with Gasteiger partial charge >= 0.3 is 0 Å². The average molecular weight is 221 g/mol. The number of anilines is 2. The fraction of sp³-hybridized carbons (Fsp3) is 0.615. The summed E-state index contributed by atoms with van der Waals surface area (Å²) < 4.78 is 0. The van der Waals surface area contributed by atoms with Crippen molar-refractivity contribution in [3.8, 4) is 0 Å². The van der Waals surface area contributed by atoms with E-state index in [1.807, 2.05) is 18.2 Å². The van der Waals surface area contributed by atoms with Crippen molar-refractivity contribution < 1.29 is 0 Å². The first-order valence-electron chi connectivity index (χ1n) is 6.31. The summed E-state index contributed by atoms with van der Waals surface area (Å²) in [5.74, 6) is 1.91. The Morgan fingerprint density at radius 1 is 1.00 bits per heavy atom. The lowest BCUT2D eigenvalue weighted by atomic mass is 10.2. The van der Waals surface area contributed by atoms with E-state index in [-0.39, 0.29) is 0 Å². The predicted octanol–water partition coefficient (Wildman–Crippen LogP) is 3.51. The number of nitrogens with one attached hydrogen (secondary N) is 2. The van der Waals surface area contributed by atoms with Crippen LogP contribution in [0.15, 0.2) is 18.2 Å². The average Bonchev–Trinajstić information content (AvgIpc) is 2.30. The molecule has 16 heavy (non-hydrogen) atoms. The van der Waals surface area contributed by atoms with E-state index < -0.39 is 0 Å². The molecule has 0 spiro atoms. The number of aromatic nitrogens is 1. The summed E-state index contributed by atoms with van der Waals surface area (Å²) in [7, 11) is 0. The van der Waals surface area contributed by atoms with Crippen molar-refractivity contribution >= 4 is 11.6 Å². The molecule has 0 aliphatic rings. The summed E-state index contributed by atoms with van der Waals surface area (Å²) in [4.78, 5) is 4.46. The summed E-state index contributed by atoms with van der Waals surface area (Å²) in [6.07, 6.45) is 5.14. The molecule has 0 fully saturated rings. The summed E-state index contributed by atoms with van der Waals surface area (Å²) in [6, 6.07) is 6.03. The van der Waals surface area contributed by atoms with E-state index in [9.17, 15) is 0 Å². The first-order chi connectivity index (χ1) is 7.86. The highest BCUT2D eigenvalue weighted by Gasteiger charge is 1.95. The molecular weight excluding hydrogens is 198 g/mol. The normalized spacial score (nSPS) is 10.1. The SMILES string of the molecule is CCCCCCNc1cccc(NCC)n1. The van der Waals surface area contributed by atoms with Gasteiger partial charge in [0.25, 0.3) is 0 Å². The van der Waals surface area contributed by atoms with Crippen LogP contribution < -0.4 is 10.6 Å². The Bertz CT molecular complexity index is 286. The van der Waals surface area contributed by atoms with Gasteiger partial charge in [0.15, 0.2) is 0 Å². The first kappa shape index (κ1) is 12.8. The third-order valence-electron chi connectivity index (χ3n) is 2.44. The summed E-state index contributed by atoms with van der Waals surface area (Å²) in [5, 5.41) is 6.56. The zero-order valence-electron chi connectivity index (χ0n) is 10.4. The van der Waals surface area contributed by atoms with Crippen LogP contribution in [0, 0.1) is 0 Å². The molecule has 1 aromatic rings. The molecule has 0 aliphatic carbocycles. The van der Waals surface area contributed by atoms with Gasteiger partial charge in [0.05, 0.1) is 0 Å². The van der Waals surface area contributed by atoms with Gasteiger partial charge < -0.3 is 10.6 Å². The van der Waals surface area contributed by atoms with E-state index in [0.717, 1.165) is 24.7 Å². The minimum absolute atomic E-state index is 0.910. The molecule has 1 heterocycles. The van der Waals surface area contributed by atoms with Gasteiger partial charge in [-0.15, -0.1) is 0 Å². The number of rotatable bonds is 8. The number of hydrogen-bond acceptors (Lipinski definition) is 3. The maximum absolute atomic E-state index is 4.46. The Hall–Kier alpha value is -1.25. The second-order valence-electron chi connectivity index (χ2n) is 3.93. The molecule has 0 saturated carbocycles. The van der Waals surface area contributed by atoms with Gasteiger partial charge in [0.1, 0.15) is 11.6 Å². The van der Waals surface area contributed by atoms with E-state index in [1.54, 1.807) is 0 Å². The van der Waals surface area contributed by atoms with E-state index in [2.05, 4.69) is 29.5 Å². The monoisotopic (exact) mass is 221 g/mol. The summed E-state index contributed by atoms with van der Waals surface area (Å²) in [5.41, 5.74) is 0. The van der Waals surface area contributed by atoms with Crippen molar-refractivity contribution in [1.29, 1.82) is 0 Å². The maximum atomic E-state index is 4.46. The van der Waals surface area contributed by atoms with Crippen LogP contribution in [-0.4, -0.2) is 18.1 Å². The Kier molecular flexibility index (Phi) is 6.38. The quantitative estimate of drug-likeness (QED) is 0.660. The highest BCUT2D eigenvalue weighted by Crippen LogP contribution is 2.09. The maximum Gasteiger partial charge on any atom is 0.128 e. The molecule has 0 bridgehead atoms. The van der Waals surface area contributed by atoms with Crippen LogP contribution in [0.25, 0.3) is 0 Å². The van der Waals surface area contributed by atoms with E-state index in [0.29, 0.717) is 0 Å². The molecule has 0 amide bonds. The van der Waals surface area contributed by atoms with Gasteiger partial charge in [-0.2, -0.15) is 0 Å². The lowest BCUT2D eigenvalue weighted by Crippen LogP contribution is -2.05. The molecule has 0 radical (unpaired) electrons. The van der Waals surface area contributed by atoms with Crippen molar-refractivity contribution in [2.75, 3.05) is 23.7 Å². The third-order valence-corrected chi connectivity index (χ3v) is 2.44. The highest BCUT2D eigenvalue weighted by molar-refractivity contribution is 5.44. The number of hydrogen-bond donors (Lipinski definition) is 2. The highest BCUT2D eigenvalue weighted by atomic mass is 15.1. The van der Waals surface area contributed by atoms with Crippen LogP contribution in [-0.2, 0) is 0 Å². The molecule has 0 aliphatic heterocycles. The lowest BCUT2D eigenvalue weighted by molar-refractivity contribution is 0.684. The van der Waals surface area contributed by atoms with Gasteiger partial charge in [0.2, 0.25) is 0 Å². The van der Waals surface area contributed by atoms with Crippen molar-refractivity contribution in [3.63, 3.8) is 0 Å². The van der Waals surface area contributed by atoms with Gasteiger partial charge in [-0.25, -0.2) is 4.98 Å². The van der Waals surface area contributed by atoms with Crippen LogP contribution in [0.4, 0.5) is 11.6 Å². The third kappa shape index (κ3) is 5.01. The van der Waals surface area contributed by atoms with Gasteiger partial charge in [0, 0.05) is 13.1 Å². The number of pyridine rings is 1. The van der Waals surface area contributed by atoms with Crippen molar-refractivity contribution in [1.82, 2.24) is 4.98 Å². The largest absolute Gasteiger partial charge is 0.370 e. The summed E-state index contributed by atoms with van der Waals surface area (Å²) >= 11 is 0. The van der Waals surface area contributed by atoms with Crippen LogP contribution in [0.1, 0.15) is 39.5 Å². The second kappa shape index (κ2) is 7.97. The standard InChI is InChI=1S/C13H23N3/c1-3-5-6-7-11-15-13-10-8-9-12(16-13)14-4-2/h8-10H,3-7,11H2,1-2H3,(H2,14,15,16). The van der Waals surface area contributed by atoms with Crippen molar-refractivity contribution in [2.24, 2.45) is 0 Å².